The van der Waals surface area contributed by atoms with E-state index in [0.717, 1.165) is 5.39 Å². The Hall–Kier alpha value is -3.42. The van der Waals surface area contributed by atoms with Gasteiger partial charge in [-0.3, -0.25) is 0 Å². The number of carbonyl (C=O) groups is 2. The predicted molar refractivity (Wildman–Crippen MR) is 95.2 cm³/mol. The van der Waals surface area contributed by atoms with Gasteiger partial charge in [-0.05, 0) is 31.4 Å². The average molecular weight is 354 g/mol. The minimum absolute atomic E-state index is 0.0962. The number of ether oxygens (including phenoxy) is 2. The Morgan fingerprint density at radius 2 is 1.69 bits per heavy atom. The van der Waals surface area contributed by atoms with Gasteiger partial charge in [-0.25, -0.2) is 14.3 Å². The van der Waals surface area contributed by atoms with Crippen LogP contribution in [0.3, 0.4) is 0 Å². The van der Waals surface area contributed by atoms with Crippen molar-refractivity contribution in [2.45, 2.75) is 13.8 Å². The van der Waals surface area contributed by atoms with Crippen molar-refractivity contribution in [3.63, 3.8) is 0 Å². The normalized spacial score (nSPS) is 10.7. The maximum absolute atomic E-state index is 12.5. The van der Waals surface area contributed by atoms with E-state index in [2.05, 4.69) is 10.3 Å². The Labute approximate surface area is 149 Å². The first-order valence-corrected chi connectivity index (χ1v) is 8.16. The van der Waals surface area contributed by atoms with E-state index >= 15 is 0 Å². The molecule has 0 aliphatic carbocycles. The lowest BCUT2D eigenvalue weighted by molar-refractivity contribution is 0.0469. The Morgan fingerprint density at radius 3 is 2.38 bits per heavy atom. The van der Waals surface area contributed by atoms with E-state index in [1.807, 2.05) is 18.2 Å². The van der Waals surface area contributed by atoms with Gasteiger partial charge in [0.15, 0.2) is 5.69 Å². The molecule has 0 aliphatic rings. The zero-order chi connectivity index (χ0) is 18.7. The maximum atomic E-state index is 12.5. The molecule has 0 saturated heterocycles. The van der Waals surface area contributed by atoms with Crippen LogP contribution in [0.1, 0.15) is 34.8 Å². The van der Waals surface area contributed by atoms with Crippen LogP contribution in [-0.4, -0.2) is 40.1 Å². The molecule has 2 aromatic carbocycles. The molecule has 1 heterocycles. The van der Waals surface area contributed by atoms with Crippen molar-refractivity contribution in [3.05, 3.63) is 47.8 Å². The Balaban J connectivity index is 2.26. The lowest BCUT2D eigenvalue weighted by Gasteiger charge is -2.11. The summed E-state index contributed by atoms with van der Waals surface area (Å²) in [7, 11) is 0. The third-order valence-corrected chi connectivity index (χ3v) is 3.75. The third kappa shape index (κ3) is 2.97. The lowest BCUT2D eigenvalue weighted by Crippen LogP contribution is -2.17. The predicted octanol–water partition coefficient (Wildman–Crippen LogP) is 2.36. The number of nitrogens with two attached hydrogens (primary N) is 1. The molecule has 2 N–H and O–H groups in total. The smallest absolute Gasteiger partial charge is 0.361 e. The number of nitrogen functional groups attached to an aromatic ring is 1. The molecule has 0 aliphatic heterocycles. The van der Waals surface area contributed by atoms with Gasteiger partial charge in [-0.15, -0.1) is 5.10 Å². The standard InChI is InChI=1S/C18H18N4O4/c1-3-25-17(23)15-16(18(24)26-4-2)22(21-20-15)13-10-6-8-11-7-5-9-12(19)14(11)13/h5-10H,3-4,19H2,1-2H3. The summed E-state index contributed by atoms with van der Waals surface area (Å²) >= 11 is 0. The van der Waals surface area contributed by atoms with E-state index in [-0.39, 0.29) is 24.6 Å². The quantitative estimate of drug-likeness (QED) is 0.553. The number of nitrogens with zero attached hydrogens (tertiary/aromatic N) is 3. The second-order valence-corrected chi connectivity index (χ2v) is 5.36. The van der Waals surface area contributed by atoms with Crippen LogP contribution in [0.2, 0.25) is 0 Å². The summed E-state index contributed by atoms with van der Waals surface area (Å²) in [5, 5.41) is 9.40. The first-order valence-electron chi connectivity index (χ1n) is 8.16. The Kier molecular flexibility index (Phi) is 4.83. The molecule has 134 valence electrons. The molecular formula is C18H18N4O4. The minimum Gasteiger partial charge on any atom is -0.461 e. The van der Waals surface area contributed by atoms with Gasteiger partial charge in [0.1, 0.15) is 0 Å². The van der Waals surface area contributed by atoms with E-state index in [9.17, 15) is 9.59 Å². The fraction of sp³-hybridized carbons (Fsp3) is 0.222. The van der Waals surface area contributed by atoms with Crippen LogP contribution < -0.4 is 5.73 Å². The third-order valence-electron chi connectivity index (χ3n) is 3.75. The number of fused-ring (bicyclic) bond motifs is 1. The van der Waals surface area contributed by atoms with Crippen LogP contribution in [0.4, 0.5) is 5.69 Å². The minimum atomic E-state index is -0.741. The average Bonchev–Trinajstić information content (AvgIpc) is 3.07. The second-order valence-electron chi connectivity index (χ2n) is 5.36. The van der Waals surface area contributed by atoms with Gasteiger partial charge < -0.3 is 15.2 Å². The highest BCUT2D eigenvalue weighted by molar-refractivity contribution is 6.03. The molecule has 3 rings (SSSR count). The monoisotopic (exact) mass is 354 g/mol. The maximum Gasteiger partial charge on any atom is 0.361 e. The van der Waals surface area contributed by atoms with Crippen LogP contribution in [0.25, 0.3) is 16.5 Å². The molecule has 3 aromatic rings. The van der Waals surface area contributed by atoms with Crippen LogP contribution in [-0.2, 0) is 9.47 Å². The van der Waals surface area contributed by atoms with Crippen molar-refractivity contribution >= 4 is 28.4 Å². The molecule has 8 nitrogen and oxygen atoms in total. The van der Waals surface area contributed by atoms with Gasteiger partial charge in [0.2, 0.25) is 5.69 Å². The van der Waals surface area contributed by atoms with E-state index in [4.69, 9.17) is 15.2 Å². The first kappa shape index (κ1) is 17.4. The van der Waals surface area contributed by atoms with E-state index in [1.54, 1.807) is 32.0 Å². The molecule has 0 amide bonds. The molecule has 0 unspecified atom stereocenters. The lowest BCUT2D eigenvalue weighted by atomic mass is 10.1. The van der Waals surface area contributed by atoms with E-state index in [1.165, 1.54) is 4.68 Å². The van der Waals surface area contributed by atoms with Crippen molar-refractivity contribution in [2.75, 3.05) is 18.9 Å². The molecule has 8 heteroatoms. The van der Waals surface area contributed by atoms with Crippen molar-refractivity contribution in [2.24, 2.45) is 0 Å². The molecular weight excluding hydrogens is 336 g/mol. The molecule has 0 radical (unpaired) electrons. The summed E-state index contributed by atoms with van der Waals surface area (Å²) in [6.07, 6.45) is 0. The Morgan fingerprint density at radius 1 is 1.04 bits per heavy atom. The molecule has 0 bridgehead atoms. The number of aromatic nitrogens is 3. The molecule has 1 aromatic heterocycles. The summed E-state index contributed by atoms with van der Waals surface area (Å²) < 4.78 is 11.3. The molecule has 0 spiro atoms. The van der Waals surface area contributed by atoms with Crippen LogP contribution in [0.5, 0.6) is 0 Å². The van der Waals surface area contributed by atoms with Gasteiger partial charge in [0.05, 0.1) is 18.9 Å². The van der Waals surface area contributed by atoms with Gasteiger partial charge in [0, 0.05) is 11.1 Å². The summed E-state index contributed by atoms with van der Waals surface area (Å²) in [6.45, 7) is 3.63. The topological polar surface area (TPSA) is 109 Å². The number of rotatable bonds is 5. The summed E-state index contributed by atoms with van der Waals surface area (Å²) in [6, 6.07) is 10.9. The number of hydrogen-bond donors (Lipinski definition) is 1. The van der Waals surface area contributed by atoms with Gasteiger partial charge in [0.25, 0.3) is 0 Å². The number of carbonyl (C=O) groups excluding carboxylic acids is 2. The highest BCUT2D eigenvalue weighted by atomic mass is 16.5. The second kappa shape index (κ2) is 7.22. The van der Waals surface area contributed by atoms with Crippen LogP contribution >= 0.6 is 0 Å². The van der Waals surface area contributed by atoms with Crippen LogP contribution in [0.15, 0.2) is 36.4 Å². The fourth-order valence-corrected chi connectivity index (χ4v) is 2.70. The van der Waals surface area contributed by atoms with E-state index < -0.39 is 11.9 Å². The summed E-state index contributed by atoms with van der Waals surface area (Å²) in [4.78, 5) is 24.7. The van der Waals surface area contributed by atoms with Gasteiger partial charge in [-0.1, -0.05) is 29.5 Å². The zero-order valence-electron chi connectivity index (χ0n) is 14.4. The highest BCUT2D eigenvalue weighted by Gasteiger charge is 2.29. The van der Waals surface area contributed by atoms with Crippen molar-refractivity contribution in [1.29, 1.82) is 0 Å². The van der Waals surface area contributed by atoms with Crippen LogP contribution in [0, 0.1) is 0 Å². The number of benzene rings is 2. The number of anilines is 1. The largest absolute Gasteiger partial charge is 0.461 e. The molecule has 0 atom stereocenters. The summed E-state index contributed by atoms with van der Waals surface area (Å²) in [5.74, 6) is -1.46. The van der Waals surface area contributed by atoms with Crippen molar-refractivity contribution < 1.29 is 19.1 Å². The SMILES string of the molecule is CCOC(=O)c1nnn(-c2cccc3cccc(N)c23)c1C(=O)OCC. The molecule has 0 fully saturated rings. The van der Waals surface area contributed by atoms with Gasteiger partial charge in [-0.2, -0.15) is 0 Å². The number of hydrogen-bond acceptors (Lipinski definition) is 7. The molecule has 0 saturated carbocycles. The molecule has 26 heavy (non-hydrogen) atoms. The zero-order valence-corrected chi connectivity index (χ0v) is 14.4. The highest BCUT2D eigenvalue weighted by Crippen LogP contribution is 2.28. The van der Waals surface area contributed by atoms with Crippen molar-refractivity contribution in [3.8, 4) is 5.69 Å². The van der Waals surface area contributed by atoms with Gasteiger partial charge >= 0.3 is 11.9 Å². The van der Waals surface area contributed by atoms with Crippen molar-refractivity contribution in [1.82, 2.24) is 15.0 Å². The fourth-order valence-electron chi connectivity index (χ4n) is 2.70. The number of esters is 2. The summed E-state index contributed by atoms with van der Waals surface area (Å²) in [5.41, 5.74) is 6.87. The van der Waals surface area contributed by atoms with E-state index in [0.29, 0.717) is 16.8 Å². The Bertz CT molecular complexity index is 975. The first-order chi connectivity index (χ1) is 12.6.